The van der Waals surface area contributed by atoms with Gasteiger partial charge in [0, 0.05) is 12.1 Å². The molecule has 2 aromatic rings. The molecule has 1 heterocycles. The molecule has 0 aliphatic heterocycles. The van der Waals surface area contributed by atoms with E-state index >= 15 is 0 Å². The molecule has 1 unspecified atom stereocenters. The molecule has 1 aromatic heterocycles. The fourth-order valence-corrected chi connectivity index (χ4v) is 2.36. The van der Waals surface area contributed by atoms with E-state index in [9.17, 15) is 9.50 Å². The van der Waals surface area contributed by atoms with Gasteiger partial charge in [-0.05, 0) is 32.6 Å². The van der Waals surface area contributed by atoms with E-state index in [1.165, 1.54) is 12.3 Å². The van der Waals surface area contributed by atoms with E-state index < -0.39 is 11.9 Å². The molecule has 0 fully saturated rings. The largest absolute Gasteiger partial charge is 0.382 e. The minimum Gasteiger partial charge on any atom is -0.382 e. The molecule has 0 aliphatic carbocycles. The molecule has 1 N–H and O–H groups in total. The maximum absolute atomic E-state index is 14.0. The van der Waals surface area contributed by atoms with Gasteiger partial charge >= 0.3 is 0 Å². The lowest BCUT2D eigenvalue weighted by Gasteiger charge is -2.17. The molecule has 0 bridgehead atoms. The fraction of sp³-hybridized carbons (Fsp3) is 0.400. The number of rotatable bonds is 5. The van der Waals surface area contributed by atoms with Crippen LogP contribution in [0.1, 0.15) is 22.9 Å². The Morgan fingerprint density at radius 1 is 1.43 bits per heavy atom. The Labute approximate surface area is 128 Å². The van der Waals surface area contributed by atoms with Crippen LogP contribution in [-0.4, -0.2) is 40.4 Å². The van der Waals surface area contributed by atoms with Crippen molar-refractivity contribution in [2.24, 2.45) is 0 Å². The fourth-order valence-electron chi connectivity index (χ4n) is 2.12. The highest BCUT2D eigenvalue weighted by Gasteiger charge is 2.22. The number of aliphatic hydroxyl groups is 1. The van der Waals surface area contributed by atoms with Crippen LogP contribution in [0.25, 0.3) is 0 Å². The Hall–Kier alpha value is -1.43. The second kappa shape index (κ2) is 6.56. The number of halogens is 2. The first-order valence-corrected chi connectivity index (χ1v) is 7.08. The van der Waals surface area contributed by atoms with Gasteiger partial charge in [0.05, 0.1) is 23.5 Å². The minimum atomic E-state index is -1.14. The predicted octanol–water partition coefficient (Wildman–Crippen LogP) is 2.63. The van der Waals surface area contributed by atoms with Gasteiger partial charge in [-0.3, -0.25) is 4.68 Å². The van der Waals surface area contributed by atoms with Crippen LogP contribution in [0, 0.1) is 12.7 Å². The van der Waals surface area contributed by atoms with E-state index in [0.29, 0.717) is 17.3 Å². The highest BCUT2D eigenvalue weighted by atomic mass is 35.5. The van der Waals surface area contributed by atoms with Gasteiger partial charge < -0.3 is 10.0 Å². The topological polar surface area (TPSA) is 41.3 Å². The molecule has 114 valence electrons. The van der Waals surface area contributed by atoms with Gasteiger partial charge in [-0.1, -0.05) is 23.7 Å². The highest BCUT2D eigenvalue weighted by Crippen LogP contribution is 2.30. The molecule has 21 heavy (non-hydrogen) atoms. The van der Waals surface area contributed by atoms with E-state index in [1.807, 2.05) is 19.0 Å². The first-order valence-electron chi connectivity index (χ1n) is 6.70. The molecule has 0 saturated heterocycles. The molecule has 4 nitrogen and oxygen atoms in total. The first-order chi connectivity index (χ1) is 9.90. The molecule has 0 saturated carbocycles. The van der Waals surface area contributed by atoms with Gasteiger partial charge in [-0.25, -0.2) is 4.39 Å². The van der Waals surface area contributed by atoms with Crippen LogP contribution < -0.4 is 0 Å². The average molecular weight is 312 g/mol. The third kappa shape index (κ3) is 3.61. The zero-order valence-corrected chi connectivity index (χ0v) is 13.1. The molecule has 6 heteroatoms. The Bertz CT molecular complexity index is 627. The lowest BCUT2D eigenvalue weighted by atomic mass is 10.0. The van der Waals surface area contributed by atoms with Crippen LogP contribution >= 0.6 is 11.6 Å². The van der Waals surface area contributed by atoms with Crippen molar-refractivity contribution in [3.63, 3.8) is 0 Å². The number of likely N-dealkylation sites (N-methyl/N-ethyl adjacent to an activating group) is 1. The number of aromatic nitrogens is 2. The summed E-state index contributed by atoms with van der Waals surface area (Å²) in [6, 6.07) is 4.73. The second-order valence-electron chi connectivity index (χ2n) is 5.33. The van der Waals surface area contributed by atoms with Crippen molar-refractivity contribution in [2.75, 3.05) is 20.6 Å². The number of nitrogens with zero attached hydrogens (tertiary/aromatic N) is 3. The van der Waals surface area contributed by atoms with Crippen LogP contribution in [0.15, 0.2) is 24.4 Å². The molecule has 0 aliphatic rings. The van der Waals surface area contributed by atoms with Crippen molar-refractivity contribution >= 4 is 11.6 Å². The van der Waals surface area contributed by atoms with Gasteiger partial charge in [0.1, 0.15) is 11.9 Å². The van der Waals surface area contributed by atoms with Crippen LogP contribution in [0.3, 0.4) is 0 Å². The van der Waals surface area contributed by atoms with Crippen molar-refractivity contribution < 1.29 is 9.50 Å². The average Bonchev–Trinajstić information content (AvgIpc) is 2.77. The lowest BCUT2D eigenvalue weighted by Crippen LogP contribution is -2.21. The van der Waals surface area contributed by atoms with Crippen molar-refractivity contribution in [3.05, 3.63) is 52.1 Å². The van der Waals surface area contributed by atoms with Crippen LogP contribution in [-0.2, 0) is 6.54 Å². The first kappa shape index (κ1) is 15.9. The van der Waals surface area contributed by atoms with Crippen LogP contribution in [0.5, 0.6) is 0 Å². The van der Waals surface area contributed by atoms with E-state index in [4.69, 9.17) is 11.6 Å². The van der Waals surface area contributed by atoms with Gasteiger partial charge in [0.25, 0.3) is 0 Å². The molecular weight excluding hydrogens is 293 g/mol. The highest BCUT2D eigenvalue weighted by molar-refractivity contribution is 6.31. The van der Waals surface area contributed by atoms with Crippen LogP contribution in [0.2, 0.25) is 5.02 Å². The molecule has 1 aromatic carbocycles. The van der Waals surface area contributed by atoms with E-state index in [1.54, 1.807) is 23.7 Å². The zero-order chi connectivity index (χ0) is 15.6. The lowest BCUT2D eigenvalue weighted by molar-refractivity contribution is 0.201. The van der Waals surface area contributed by atoms with Gasteiger partial charge in [0.15, 0.2) is 0 Å². The maximum atomic E-state index is 14.0. The monoisotopic (exact) mass is 311 g/mol. The predicted molar refractivity (Wildman–Crippen MR) is 81.0 cm³/mol. The number of benzene rings is 1. The summed E-state index contributed by atoms with van der Waals surface area (Å²) in [7, 11) is 3.89. The van der Waals surface area contributed by atoms with E-state index in [0.717, 1.165) is 12.1 Å². The SMILES string of the molecule is Cc1ccc(C(O)c2c(Cl)cnn2CCN(C)C)c(F)c1. The van der Waals surface area contributed by atoms with Gasteiger partial charge in [0.2, 0.25) is 0 Å². The Morgan fingerprint density at radius 3 is 2.76 bits per heavy atom. The number of hydrogen-bond donors (Lipinski definition) is 1. The number of hydrogen-bond acceptors (Lipinski definition) is 3. The van der Waals surface area contributed by atoms with Crippen LogP contribution in [0.4, 0.5) is 4.39 Å². The van der Waals surface area contributed by atoms with Crippen molar-refractivity contribution in [3.8, 4) is 0 Å². The Kier molecular flexibility index (Phi) is 4.98. The second-order valence-corrected chi connectivity index (χ2v) is 5.74. The molecule has 2 rings (SSSR count). The van der Waals surface area contributed by atoms with E-state index in [2.05, 4.69) is 5.10 Å². The van der Waals surface area contributed by atoms with Crippen molar-refractivity contribution in [1.29, 1.82) is 0 Å². The van der Waals surface area contributed by atoms with Crippen molar-refractivity contribution in [2.45, 2.75) is 19.6 Å². The third-order valence-electron chi connectivity index (χ3n) is 3.30. The van der Waals surface area contributed by atoms with Gasteiger partial charge in [-0.2, -0.15) is 5.10 Å². The Balaban J connectivity index is 2.34. The normalized spacial score (nSPS) is 12.9. The molecular formula is C15H19ClFN3O. The standard InChI is InChI=1S/C15H19ClFN3O/c1-10-4-5-11(13(17)8-10)15(21)14-12(16)9-18-20(14)7-6-19(2)3/h4-5,8-9,15,21H,6-7H2,1-3H3. The summed E-state index contributed by atoms with van der Waals surface area (Å²) in [4.78, 5) is 2.00. The summed E-state index contributed by atoms with van der Waals surface area (Å²) in [6.45, 7) is 3.11. The molecule has 0 radical (unpaired) electrons. The Morgan fingerprint density at radius 2 is 2.14 bits per heavy atom. The number of aliphatic hydroxyl groups excluding tert-OH is 1. The smallest absolute Gasteiger partial charge is 0.129 e. The summed E-state index contributed by atoms with van der Waals surface area (Å²) < 4.78 is 15.6. The third-order valence-corrected chi connectivity index (χ3v) is 3.59. The molecule has 0 amide bonds. The number of aryl methyl sites for hydroxylation is 1. The zero-order valence-electron chi connectivity index (χ0n) is 12.3. The minimum absolute atomic E-state index is 0.203. The summed E-state index contributed by atoms with van der Waals surface area (Å²) in [6.07, 6.45) is 0.338. The van der Waals surface area contributed by atoms with Gasteiger partial charge in [-0.15, -0.1) is 0 Å². The molecule has 0 spiro atoms. The molecule has 1 atom stereocenters. The maximum Gasteiger partial charge on any atom is 0.129 e. The van der Waals surface area contributed by atoms with E-state index in [-0.39, 0.29) is 5.56 Å². The quantitative estimate of drug-likeness (QED) is 0.923. The van der Waals surface area contributed by atoms with Crippen molar-refractivity contribution in [1.82, 2.24) is 14.7 Å². The summed E-state index contributed by atoms with van der Waals surface area (Å²) in [5.74, 6) is -0.445. The summed E-state index contributed by atoms with van der Waals surface area (Å²) in [5.41, 5.74) is 1.42. The summed E-state index contributed by atoms with van der Waals surface area (Å²) >= 11 is 6.11. The summed E-state index contributed by atoms with van der Waals surface area (Å²) in [5, 5.41) is 15.0.